The van der Waals surface area contributed by atoms with Gasteiger partial charge in [0.2, 0.25) is 0 Å². The molecule has 2 atom stereocenters. The Morgan fingerprint density at radius 1 is 1.23 bits per heavy atom. The number of hydrogen-bond donors (Lipinski definition) is 1. The van der Waals surface area contributed by atoms with Gasteiger partial charge in [-0.2, -0.15) is 0 Å². The first kappa shape index (κ1) is 12.4. The van der Waals surface area contributed by atoms with Crippen molar-refractivity contribution in [3.05, 3.63) is 25.3 Å². The van der Waals surface area contributed by atoms with E-state index >= 15 is 0 Å². The summed E-state index contributed by atoms with van der Waals surface area (Å²) in [5.74, 6) is 0.391. The molecule has 0 spiro atoms. The quantitative estimate of drug-likeness (QED) is 0.571. The predicted molar refractivity (Wildman–Crippen MR) is 58.6 cm³/mol. The predicted octanol–water partition coefficient (Wildman–Crippen LogP) is 3.31. The maximum atomic E-state index is 9.81. The van der Waals surface area contributed by atoms with Crippen LogP contribution in [-0.4, -0.2) is 11.2 Å². The van der Waals surface area contributed by atoms with E-state index in [1.54, 1.807) is 0 Å². The van der Waals surface area contributed by atoms with Crippen molar-refractivity contribution in [3.63, 3.8) is 0 Å². The molecule has 1 N–H and O–H groups in total. The topological polar surface area (TPSA) is 20.2 Å². The Hall–Kier alpha value is -0.560. The molecule has 0 aliphatic rings. The van der Waals surface area contributed by atoms with E-state index in [0.717, 1.165) is 32.1 Å². The lowest BCUT2D eigenvalue weighted by atomic mass is 9.91. The van der Waals surface area contributed by atoms with Crippen molar-refractivity contribution in [2.24, 2.45) is 5.92 Å². The van der Waals surface area contributed by atoms with Gasteiger partial charge in [-0.15, -0.1) is 13.2 Å². The Balaban J connectivity index is 3.85. The molecule has 1 nitrogen and oxygen atoms in total. The molecule has 0 aromatic carbocycles. The van der Waals surface area contributed by atoms with Gasteiger partial charge in [-0.05, 0) is 31.6 Å². The molecule has 0 aliphatic heterocycles. The second-order valence-electron chi connectivity index (χ2n) is 3.51. The summed E-state index contributed by atoms with van der Waals surface area (Å²) in [6.45, 7) is 9.52. The van der Waals surface area contributed by atoms with Crippen LogP contribution in [0.15, 0.2) is 25.3 Å². The summed E-state index contributed by atoms with van der Waals surface area (Å²) in [7, 11) is 0. The molecule has 0 rings (SSSR count). The zero-order valence-electron chi connectivity index (χ0n) is 8.71. The minimum Gasteiger partial charge on any atom is -0.393 e. The van der Waals surface area contributed by atoms with Crippen molar-refractivity contribution < 1.29 is 5.11 Å². The molecule has 0 heterocycles. The molecule has 0 aromatic rings. The molecule has 0 amide bonds. The SMILES string of the molecule is C=CCCC(O)C(CC=C)CCC. The Kier molecular flexibility index (Phi) is 7.71. The number of allylic oxidation sites excluding steroid dienone is 2. The van der Waals surface area contributed by atoms with Crippen LogP contribution in [-0.2, 0) is 0 Å². The molecule has 0 fully saturated rings. The molecular weight excluding hydrogens is 160 g/mol. The van der Waals surface area contributed by atoms with Gasteiger partial charge in [-0.25, -0.2) is 0 Å². The minimum atomic E-state index is -0.184. The molecule has 0 bridgehead atoms. The Morgan fingerprint density at radius 3 is 2.38 bits per heavy atom. The van der Waals surface area contributed by atoms with E-state index in [4.69, 9.17) is 0 Å². The molecule has 2 unspecified atom stereocenters. The second-order valence-corrected chi connectivity index (χ2v) is 3.51. The standard InChI is InChI=1S/C12H22O/c1-4-7-10-12(13)11(8-5-2)9-6-3/h4-5,11-13H,1-2,6-10H2,3H3. The number of aliphatic hydroxyl groups excluding tert-OH is 1. The first-order chi connectivity index (χ1) is 6.26. The summed E-state index contributed by atoms with van der Waals surface area (Å²) in [6.07, 6.45) is 8.45. The van der Waals surface area contributed by atoms with Gasteiger partial charge in [0.25, 0.3) is 0 Å². The number of aliphatic hydroxyl groups is 1. The van der Waals surface area contributed by atoms with Crippen LogP contribution in [0.5, 0.6) is 0 Å². The highest BCUT2D eigenvalue weighted by Gasteiger charge is 2.15. The first-order valence-electron chi connectivity index (χ1n) is 5.16. The average Bonchev–Trinajstić information content (AvgIpc) is 2.14. The Bertz CT molecular complexity index is 140. The largest absolute Gasteiger partial charge is 0.393 e. The summed E-state index contributed by atoms with van der Waals surface area (Å²) >= 11 is 0. The summed E-state index contributed by atoms with van der Waals surface area (Å²) in [5, 5.41) is 9.81. The van der Waals surface area contributed by atoms with Crippen LogP contribution < -0.4 is 0 Å². The van der Waals surface area contributed by atoms with Gasteiger partial charge in [0.1, 0.15) is 0 Å². The molecule has 0 aliphatic carbocycles. The lowest BCUT2D eigenvalue weighted by molar-refractivity contribution is 0.0956. The van der Waals surface area contributed by atoms with Crippen molar-refractivity contribution in [1.29, 1.82) is 0 Å². The van der Waals surface area contributed by atoms with Crippen molar-refractivity contribution in [3.8, 4) is 0 Å². The van der Waals surface area contributed by atoms with Gasteiger partial charge in [0.05, 0.1) is 6.10 Å². The van der Waals surface area contributed by atoms with Gasteiger partial charge in [0.15, 0.2) is 0 Å². The van der Waals surface area contributed by atoms with Gasteiger partial charge >= 0.3 is 0 Å². The van der Waals surface area contributed by atoms with Crippen LogP contribution in [0, 0.1) is 5.92 Å². The smallest absolute Gasteiger partial charge is 0.0574 e. The third kappa shape index (κ3) is 5.64. The minimum absolute atomic E-state index is 0.184. The summed E-state index contributed by atoms with van der Waals surface area (Å²) in [6, 6.07) is 0. The van der Waals surface area contributed by atoms with Crippen LogP contribution in [0.2, 0.25) is 0 Å². The highest BCUT2D eigenvalue weighted by molar-refractivity contribution is 4.80. The maximum absolute atomic E-state index is 9.81. The molecular formula is C12H22O. The van der Waals surface area contributed by atoms with E-state index in [1.165, 1.54) is 0 Å². The fraction of sp³-hybridized carbons (Fsp3) is 0.667. The third-order valence-corrected chi connectivity index (χ3v) is 2.34. The molecule has 0 saturated heterocycles. The third-order valence-electron chi connectivity index (χ3n) is 2.34. The zero-order valence-corrected chi connectivity index (χ0v) is 8.71. The summed E-state index contributed by atoms with van der Waals surface area (Å²) in [4.78, 5) is 0. The molecule has 76 valence electrons. The van der Waals surface area contributed by atoms with Gasteiger partial charge in [-0.1, -0.05) is 25.5 Å². The van der Waals surface area contributed by atoms with Crippen LogP contribution in [0.3, 0.4) is 0 Å². The van der Waals surface area contributed by atoms with Crippen LogP contribution in [0.25, 0.3) is 0 Å². The summed E-state index contributed by atoms with van der Waals surface area (Å²) < 4.78 is 0. The fourth-order valence-corrected chi connectivity index (χ4v) is 1.58. The highest BCUT2D eigenvalue weighted by atomic mass is 16.3. The molecule has 0 saturated carbocycles. The van der Waals surface area contributed by atoms with Crippen LogP contribution in [0.4, 0.5) is 0 Å². The Morgan fingerprint density at radius 2 is 1.92 bits per heavy atom. The van der Waals surface area contributed by atoms with Gasteiger partial charge < -0.3 is 5.11 Å². The maximum Gasteiger partial charge on any atom is 0.0574 e. The average molecular weight is 182 g/mol. The molecule has 1 heteroatoms. The number of rotatable bonds is 8. The van der Waals surface area contributed by atoms with Crippen molar-refractivity contribution in [1.82, 2.24) is 0 Å². The highest BCUT2D eigenvalue weighted by Crippen LogP contribution is 2.19. The number of hydrogen-bond acceptors (Lipinski definition) is 1. The van der Waals surface area contributed by atoms with Crippen LogP contribution >= 0.6 is 0 Å². The van der Waals surface area contributed by atoms with Crippen molar-refractivity contribution in [2.45, 2.75) is 45.1 Å². The Labute approximate surface area is 82.2 Å². The van der Waals surface area contributed by atoms with Crippen LogP contribution in [0.1, 0.15) is 39.0 Å². The van der Waals surface area contributed by atoms with Crippen molar-refractivity contribution >= 4 is 0 Å². The van der Waals surface area contributed by atoms with E-state index in [-0.39, 0.29) is 6.10 Å². The monoisotopic (exact) mass is 182 g/mol. The van der Waals surface area contributed by atoms with E-state index in [9.17, 15) is 5.11 Å². The fourth-order valence-electron chi connectivity index (χ4n) is 1.58. The molecule has 0 radical (unpaired) electrons. The van der Waals surface area contributed by atoms with E-state index in [2.05, 4.69) is 20.1 Å². The van der Waals surface area contributed by atoms with Gasteiger partial charge in [0, 0.05) is 0 Å². The normalized spacial score (nSPS) is 14.9. The lowest BCUT2D eigenvalue weighted by Crippen LogP contribution is -2.19. The van der Waals surface area contributed by atoms with E-state index in [1.807, 2.05) is 12.2 Å². The lowest BCUT2D eigenvalue weighted by Gasteiger charge is -2.20. The summed E-state index contributed by atoms with van der Waals surface area (Å²) in [5.41, 5.74) is 0. The zero-order chi connectivity index (χ0) is 10.1. The van der Waals surface area contributed by atoms with Crippen molar-refractivity contribution in [2.75, 3.05) is 0 Å². The van der Waals surface area contributed by atoms with E-state index in [0.29, 0.717) is 5.92 Å². The second kappa shape index (κ2) is 8.06. The molecule has 13 heavy (non-hydrogen) atoms. The van der Waals surface area contributed by atoms with E-state index < -0.39 is 0 Å². The van der Waals surface area contributed by atoms with Gasteiger partial charge in [-0.3, -0.25) is 0 Å². The molecule has 0 aromatic heterocycles. The first-order valence-corrected chi connectivity index (χ1v) is 5.16.